The van der Waals surface area contributed by atoms with Crippen LogP contribution in [0.2, 0.25) is 0 Å². The SMILES string of the molecule is COCc1nc(CCOc2ccccc2F)sc1C(C)N. The average molecular weight is 310 g/mol. The van der Waals surface area contributed by atoms with Gasteiger partial charge in [0.25, 0.3) is 0 Å². The van der Waals surface area contributed by atoms with Gasteiger partial charge in [0.2, 0.25) is 0 Å². The van der Waals surface area contributed by atoms with Gasteiger partial charge in [-0.25, -0.2) is 9.37 Å². The standard InChI is InChI=1S/C15H19FN2O2S/c1-10(17)15-12(9-19-2)18-14(21-15)7-8-20-13-6-4-3-5-11(13)16/h3-6,10H,7-9,17H2,1-2H3. The van der Waals surface area contributed by atoms with Crippen LogP contribution in [0.4, 0.5) is 4.39 Å². The van der Waals surface area contributed by atoms with Crippen molar-refractivity contribution in [1.82, 2.24) is 4.98 Å². The van der Waals surface area contributed by atoms with Gasteiger partial charge in [-0.1, -0.05) is 12.1 Å². The molecule has 1 aromatic carbocycles. The first-order valence-corrected chi connectivity index (χ1v) is 7.53. The first-order valence-electron chi connectivity index (χ1n) is 6.72. The second-order valence-electron chi connectivity index (χ2n) is 4.67. The van der Waals surface area contributed by atoms with Crippen LogP contribution in [0.25, 0.3) is 0 Å². The average Bonchev–Trinajstić information content (AvgIpc) is 2.85. The molecule has 0 amide bonds. The second-order valence-corrected chi connectivity index (χ2v) is 5.78. The third-order valence-electron chi connectivity index (χ3n) is 2.88. The van der Waals surface area contributed by atoms with Gasteiger partial charge in [0.15, 0.2) is 11.6 Å². The molecule has 0 aliphatic rings. The number of halogens is 1. The molecule has 0 spiro atoms. The summed E-state index contributed by atoms with van der Waals surface area (Å²) in [5, 5.41) is 0.922. The highest BCUT2D eigenvalue weighted by molar-refractivity contribution is 7.11. The van der Waals surface area contributed by atoms with E-state index in [0.717, 1.165) is 15.6 Å². The predicted octanol–water partition coefficient (Wildman–Crippen LogP) is 3.07. The lowest BCUT2D eigenvalue weighted by Gasteiger charge is -2.05. The summed E-state index contributed by atoms with van der Waals surface area (Å²) in [7, 11) is 1.63. The molecule has 0 saturated carbocycles. The van der Waals surface area contributed by atoms with Crippen LogP contribution in [0.15, 0.2) is 24.3 Å². The van der Waals surface area contributed by atoms with Gasteiger partial charge in [0, 0.05) is 24.4 Å². The number of nitrogens with zero attached hydrogens (tertiary/aromatic N) is 1. The molecular formula is C15H19FN2O2S. The van der Waals surface area contributed by atoms with E-state index in [4.69, 9.17) is 15.2 Å². The summed E-state index contributed by atoms with van der Waals surface area (Å²) < 4.78 is 24.0. The molecule has 0 fully saturated rings. The summed E-state index contributed by atoms with van der Waals surface area (Å²) in [4.78, 5) is 5.54. The molecule has 1 atom stereocenters. The molecule has 6 heteroatoms. The van der Waals surface area contributed by atoms with Gasteiger partial charge in [-0.2, -0.15) is 0 Å². The maximum Gasteiger partial charge on any atom is 0.165 e. The summed E-state index contributed by atoms with van der Waals surface area (Å²) in [6, 6.07) is 6.29. The van der Waals surface area contributed by atoms with E-state index in [2.05, 4.69) is 4.98 Å². The fourth-order valence-electron chi connectivity index (χ4n) is 1.93. The van der Waals surface area contributed by atoms with Gasteiger partial charge in [-0.05, 0) is 19.1 Å². The summed E-state index contributed by atoms with van der Waals surface area (Å²) in [5.41, 5.74) is 6.81. The predicted molar refractivity (Wildman–Crippen MR) is 81.0 cm³/mol. The second kappa shape index (κ2) is 7.49. The lowest BCUT2D eigenvalue weighted by molar-refractivity contribution is 0.181. The number of ether oxygens (including phenoxy) is 2. The van der Waals surface area contributed by atoms with E-state index in [0.29, 0.717) is 19.6 Å². The fraction of sp³-hybridized carbons (Fsp3) is 0.400. The topological polar surface area (TPSA) is 57.4 Å². The Bertz CT molecular complexity index is 587. The number of benzene rings is 1. The molecule has 21 heavy (non-hydrogen) atoms. The van der Waals surface area contributed by atoms with Gasteiger partial charge in [-0.3, -0.25) is 0 Å². The Labute approximate surface area is 127 Å². The lowest BCUT2D eigenvalue weighted by Crippen LogP contribution is -2.06. The summed E-state index contributed by atoms with van der Waals surface area (Å²) in [6.45, 7) is 2.74. The van der Waals surface area contributed by atoms with Crippen molar-refractivity contribution in [3.05, 3.63) is 45.7 Å². The van der Waals surface area contributed by atoms with Gasteiger partial charge < -0.3 is 15.2 Å². The van der Waals surface area contributed by atoms with Crippen molar-refractivity contribution in [1.29, 1.82) is 0 Å². The van der Waals surface area contributed by atoms with Crippen LogP contribution in [-0.2, 0) is 17.8 Å². The van der Waals surface area contributed by atoms with Crippen LogP contribution in [0, 0.1) is 5.82 Å². The third-order valence-corrected chi connectivity index (χ3v) is 4.23. The molecule has 0 saturated heterocycles. The van der Waals surface area contributed by atoms with Gasteiger partial charge >= 0.3 is 0 Å². The molecule has 2 rings (SSSR count). The monoisotopic (exact) mass is 310 g/mol. The van der Waals surface area contributed by atoms with Gasteiger partial charge in [-0.15, -0.1) is 11.3 Å². The Kier molecular flexibility index (Phi) is 5.67. The molecule has 1 unspecified atom stereocenters. The van der Waals surface area contributed by atoms with Crippen LogP contribution < -0.4 is 10.5 Å². The Morgan fingerprint density at radius 1 is 1.38 bits per heavy atom. The minimum Gasteiger partial charge on any atom is -0.490 e. The summed E-state index contributed by atoms with van der Waals surface area (Å²) >= 11 is 1.56. The van der Waals surface area contributed by atoms with Crippen molar-refractivity contribution < 1.29 is 13.9 Å². The van der Waals surface area contributed by atoms with Crippen molar-refractivity contribution in [2.75, 3.05) is 13.7 Å². The van der Waals surface area contributed by atoms with Crippen molar-refractivity contribution >= 4 is 11.3 Å². The zero-order valence-corrected chi connectivity index (χ0v) is 13.0. The molecular weight excluding hydrogens is 291 g/mol. The number of aromatic nitrogens is 1. The van der Waals surface area contributed by atoms with E-state index < -0.39 is 0 Å². The van der Waals surface area contributed by atoms with E-state index in [1.54, 1.807) is 36.6 Å². The van der Waals surface area contributed by atoms with E-state index in [1.165, 1.54) is 6.07 Å². The number of hydrogen-bond acceptors (Lipinski definition) is 5. The lowest BCUT2D eigenvalue weighted by atomic mass is 10.2. The van der Waals surface area contributed by atoms with Crippen LogP contribution >= 0.6 is 11.3 Å². The first-order chi connectivity index (χ1) is 10.1. The summed E-state index contributed by atoms with van der Waals surface area (Å²) in [6.07, 6.45) is 0.614. The highest BCUT2D eigenvalue weighted by atomic mass is 32.1. The zero-order chi connectivity index (χ0) is 15.2. The number of thiazole rings is 1. The quantitative estimate of drug-likeness (QED) is 0.854. The molecule has 2 aromatic rings. The van der Waals surface area contributed by atoms with E-state index in [1.807, 2.05) is 6.92 Å². The van der Waals surface area contributed by atoms with Crippen molar-refractivity contribution in [2.45, 2.75) is 26.0 Å². The molecule has 0 bridgehead atoms. The van der Waals surface area contributed by atoms with Crippen LogP contribution in [-0.4, -0.2) is 18.7 Å². The molecule has 1 heterocycles. The smallest absolute Gasteiger partial charge is 0.165 e. The highest BCUT2D eigenvalue weighted by Gasteiger charge is 2.14. The van der Waals surface area contributed by atoms with E-state index in [9.17, 15) is 4.39 Å². The van der Waals surface area contributed by atoms with Crippen LogP contribution in [0.1, 0.15) is 28.5 Å². The van der Waals surface area contributed by atoms with Crippen LogP contribution in [0.3, 0.4) is 0 Å². The first kappa shape index (κ1) is 15.9. The zero-order valence-electron chi connectivity index (χ0n) is 12.1. The highest BCUT2D eigenvalue weighted by Crippen LogP contribution is 2.25. The van der Waals surface area contributed by atoms with Crippen LogP contribution in [0.5, 0.6) is 5.75 Å². The molecule has 1 aromatic heterocycles. The molecule has 0 radical (unpaired) electrons. The maximum atomic E-state index is 13.4. The number of hydrogen-bond donors (Lipinski definition) is 1. The minimum atomic E-state index is -0.354. The Balaban J connectivity index is 1.97. The number of rotatable bonds is 7. The Morgan fingerprint density at radius 3 is 2.81 bits per heavy atom. The molecule has 114 valence electrons. The molecule has 4 nitrogen and oxygen atoms in total. The van der Waals surface area contributed by atoms with Gasteiger partial charge in [0.05, 0.1) is 23.9 Å². The minimum absolute atomic E-state index is 0.0751. The molecule has 0 aliphatic carbocycles. The van der Waals surface area contributed by atoms with E-state index >= 15 is 0 Å². The number of nitrogens with two attached hydrogens (primary N) is 1. The molecule has 2 N–H and O–H groups in total. The fourth-order valence-corrected chi connectivity index (χ4v) is 2.93. The molecule has 0 aliphatic heterocycles. The number of methoxy groups -OCH3 is 1. The van der Waals surface area contributed by atoms with E-state index in [-0.39, 0.29) is 17.6 Å². The third kappa shape index (κ3) is 4.23. The van der Waals surface area contributed by atoms with Crippen molar-refractivity contribution in [2.24, 2.45) is 5.73 Å². The Morgan fingerprint density at radius 2 is 2.14 bits per heavy atom. The van der Waals surface area contributed by atoms with Crippen molar-refractivity contribution in [3.8, 4) is 5.75 Å². The summed E-state index contributed by atoms with van der Waals surface area (Å²) in [5.74, 6) is -0.0911. The Hall–Kier alpha value is -1.50. The maximum absolute atomic E-state index is 13.4. The van der Waals surface area contributed by atoms with Crippen molar-refractivity contribution in [3.63, 3.8) is 0 Å². The normalized spacial score (nSPS) is 12.4. The largest absolute Gasteiger partial charge is 0.490 e. The number of para-hydroxylation sites is 1. The van der Waals surface area contributed by atoms with Gasteiger partial charge in [0.1, 0.15) is 0 Å².